The molecule has 0 spiro atoms. The minimum atomic E-state index is -0.607. The van der Waals surface area contributed by atoms with Crippen LogP contribution in [0.2, 0.25) is 0 Å². The summed E-state index contributed by atoms with van der Waals surface area (Å²) in [7, 11) is 1.59. The van der Waals surface area contributed by atoms with Crippen LogP contribution < -0.4 is 11.1 Å². The van der Waals surface area contributed by atoms with Crippen molar-refractivity contribution < 1.29 is 9.59 Å². The van der Waals surface area contributed by atoms with Crippen molar-refractivity contribution >= 4 is 11.8 Å². The van der Waals surface area contributed by atoms with Crippen LogP contribution in [0.25, 0.3) is 0 Å². The van der Waals surface area contributed by atoms with Crippen molar-refractivity contribution in [2.24, 2.45) is 11.1 Å². The number of nitrogens with zero attached hydrogens (tertiary/aromatic N) is 1. The van der Waals surface area contributed by atoms with Crippen molar-refractivity contribution in [1.82, 2.24) is 10.2 Å². The molecule has 18 heavy (non-hydrogen) atoms. The second-order valence-electron chi connectivity index (χ2n) is 6.84. The number of nitrogens with two attached hydrogens (primary N) is 1. The van der Waals surface area contributed by atoms with E-state index in [1.807, 2.05) is 41.5 Å². The Hall–Kier alpha value is -1.10. The Kier molecular flexibility index (Phi) is 5.35. The summed E-state index contributed by atoms with van der Waals surface area (Å²) in [4.78, 5) is 25.1. The van der Waals surface area contributed by atoms with Gasteiger partial charge in [0.25, 0.3) is 0 Å². The van der Waals surface area contributed by atoms with Crippen molar-refractivity contribution in [1.29, 1.82) is 0 Å². The fourth-order valence-corrected chi connectivity index (χ4v) is 1.36. The predicted octanol–water partition coefficient (Wildman–Crippen LogP) is 0.733. The first-order valence-corrected chi connectivity index (χ1v) is 6.16. The highest BCUT2D eigenvalue weighted by molar-refractivity contribution is 5.87. The number of nitrogens with one attached hydrogen (secondary N) is 1. The van der Waals surface area contributed by atoms with Crippen LogP contribution >= 0.6 is 0 Å². The highest BCUT2D eigenvalue weighted by Gasteiger charge is 2.30. The van der Waals surface area contributed by atoms with Crippen molar-refractivity contribution in [3.63, 3.8) is 0 Å². The smallest absolute Gasteiger partial charge is 0.240 e. The first kappa shape index (κ1) is 16.9. The topological polar surface area (TPSA) is 75.4 Å². The lowest BCUT2D eigenvalue weighted by Gasteiger charge is -2.30. The lowest BCUT2D eigenvalue weighted by Crippen LogP contribution is -2.52. The van der Waals surface area contributed by atoms with E-state index in [4.69, 9.17) is 5.73 Å². The maximum atomic E-state index is 12.0. The van der Waals surface area contributed by atoms with Gasteiger partial charge < -0.3 is 16.0 Å². The fourth-order valence-electron chi connectivity index (χ4n) is 1.36. The molecule has 0 saturated heterocycles. The van der Waals surface area contributed by atoms with Crippen LogP contribution in [0.15, 0.2) is 0 Å². The number of carbonyl (C=O) groups is 2. The van der Waals surface area contributed by atoms with Crippen LogP contribution in [-0.4, -0.2) is 41.9 Å². The van der Waals surface area contributed by atoms with Gasteiger partial charge in [-0.15, -0.1) is 0 Å². The Labute approximate surface area is 110 Å². The SMILES string of the molecule is CN(CC(=O)NC(C)(C)C)C(=O)[C@@H](N)C(C)(C)C. The summed E-state index contributed by atoms with van der Waals surface area (Å²) >= 11 is 0. The van der Waals surface area contributed by atoms with Gasteiger partial charge in [0.15, 0.2) is 0 Å². The van der Waals surface area contributed by atoms with Crippen LogP contribution in [0.4, 0.5) is 0 Å². The largest absolute Gasteiger partial charge is 0.350 e. The van der Waals surface area contributed by atoms with Gasteiger partial charge in [-0.25, -0.2) is 0 Å². The molecule has 0 aliphatic rings. The molecule has 0 bridgehead atoms. The number of hydrogen-bond acceptors (Lipinski definition) is 3. The molecule has 0 fully saturated rings. The van der Waals surface area contributed by atoms with Gasteiger partial charge in [0.05, 0.1) is 12.6 Å². The summed E-state index contributed by atoms with van der Waals surface area (Å²) < 4.78 is 0. The maximum absolute atomic E-state index is 12.0. The molecule has 0 unspecified atom stereocenters. The highest BCUT2D eigenvalue weighted by atomic mass is 16.2. The molecule has 5 nitrogen and oxygen atoms in total. The average Bonchev–Trinajstić information content (AvgIpc) is 2.10. The van der Waals surface area contributed by atoms with Crippen LogP contribution in [0.3, 0.4) is 0 Å². The van der Waals surface area contributed by atoms with Gasteiger partial charge in [0.2, 0.25) is 11.8 Å². The van der Waals surface area contributed by atoms with Gasteiger partial charge in [-0.3, -0.25) is 9.59 Å². The molecule has 0 radical (unpaired) electrons. The zero-order valence-electron chi connectivity index (χ0n) is 12.6. The Morgan fingerprint density at radius 3 is 1.94 bits per heavy atom. The molecule has 0 aromatic rings. The minimum Gasteiger partial charge on any atom is -0.350 e. The molecule has 5 heteroatoms. The van der Waals surface area contributed by atoms with E-state index in [2.05, 4.69) is 5.32 Å². The van der Waals surface area contributed by atoms with Gasteiger partial charge in [0.1, 0.15) is 0 Å². The molecule has 0 aromatic heterocycles. The maximum Gasteiger partial charge on any atom is 0.240 e. The Bertz CT molecular complexity index is 313. The fraction of sp³-hybridized carbons (Fsp3) is 0.846. The Morgan fingerprint density at radius 2 is 1.61 bits per heavy atom. The number of amides is 2. The lowest BCUT2D eigenvalue weighted by molar-refractivity contribution is -0.138. The molecule has 0 saturated carbocycles. The molecule has 2 amide bonds. The molecule has 0 aromatic carbocycles. The van der Waals surface area contributed by atoms with Gasteiger partial charge in [-0.05, 0) is 26.2 Å². The van der Waals surface area contributed by atoms with Gasteiger partial charge in [-0.1, -0.05) is 20.8 Å². The first-order valence-electron chi connectivity index (χ1n) is 6.16. The zero-order valence-corrected chi connectivity index (χ0v) is 12.6. The van der Waals surface area contributed by atoms with E-state index >= 15 is 0 Å². The van der Waals surface area contributed by atoms with Crippen LogP contribution in [-0.2, 0) is 9.59 Å². The summed E-state index contributed by atoms with van der Waals surface area (Å²) in [6, 6.07) is -0.607. The summed E-state index contributed by atoms with van der Waals surface area (Å²) in [6.07, 6.45) is 0. The van der Waals surface area contributed by atoms with Gasteiger partial charge in [-0.2, -0.15) is 0 Å². The third-order valence-corrected chi connectivity index (χ3v) is 2.47. The van der Waals surface area contributed by atoms with Crippen molar-refractivity contribution in [2.75, 3.05) is 13.6 Å². The molecular weight excluding hydrogens is 230 g/mol. The molecule has 0 heterocycles. The normalized spacial score (nSPS) is 14.0. The minimum absolute atomic E-state index is 0.0277. The third kappa shape index (κ3) is 6.00. The van der Waals surface area contributed by atoms with Crippen molar-refractivity contribution in [3.8, 4) is 0 Å². The molecule has 106 valence electrons. The number of carbonyl (C=O) groups excluding carboxylic acids is 2. The Morgan fingerprint density at radius 1 is 1.17 bits per heavy atom. The van der Waals surface area contributed by atoms with Crippen LogP contribution in [0.1, 0.15) is 41.5 Å². The van der Waals surface area contributed by atoms with E-state index in [0.717, 1.165) is 0 Å². The van der Waals surface area contributed by atoms with Crippen molar-refractivity contribution in [2.45, 2.75) is 53.1 Å². The van der Waals surface area contributed by atoms with E-state index in [1.165, 1.54) is 4.90 Å². The third-order valence-electron chi connectivity index (χ3n) is 2.47. The van der Waals surface area contributed by atoms with Gasteiger partial charge >= 0.3 is 0 Å². The summed E-state index contributed by atoms with van der Waals surface area (Å²) in [5, 5.41) is 2.81. The molecule has 0 rings (SSSR count). The number of hydrogen-bond donors (Lipinski definition) is 2. The first-order chi connectivity index (χ1) is 7.84. The quantitative estimate of drug-likeness (QED) is 0.782. The zero-order chi connectivity index (χ0) is 14.7. The summed E-state index contributed by atoms with van der Waals surface area (Å²) in [5.41, 5.74) is 5.26. The van der Waals surface area contributed by atoms with Crippen LogP contribution in [0.5, 0.6) is 0 Å². The molecular formula is C13H27N3O2. The van der Waals surface area contributed by atoms with E-state index in [9.17, 15) is 9.59 Å². The second-order valence-corrected chi connectivity index (χ2v) is 6.84. The standard InChI is InChI=1S/C13H27N3O2/c1-12(2,3)10(14)11(18)16(7)8-9(17)15-13(4,5)6/h10H,8,14H2,1-7H3,(H,15,17)/t10-/m1/s1. The number of rotatable bonds is 3. The van der Waals surface area contributed by atoms with E-state index in [0.29, 0.717) is 0 Å². The predicted molar refractivity (Wildman–Crippen MR) is 73.0 cm³/mol. The van der Waals surface area contributed by atoms with E-state index < -0.39 is 6.04 Å². The molecule has 0 aliphatic carbocycles. The summed E-state index contributed by atoms with van der Waals surface area (Å²) in [5.74, 6) is -0.397. The molecule has 0 aliphatic heterocycles. The second kappa shape index (κ2) is 5.69. The average molecular weight is 257 g/mol. The molecule has 1 atom stereocenters. The van der Waals surface area contributed by atoms with E-state index in [-0.39, 0.29) is 29.3 Å². The lowest BCUT2D eigenvalue weighted by atomic mass is 9.86. The van der Waals surface area contributed by atoms with Crippen LogP contribution in [0, 0.1) is 5.41 Å². The highest BCUT2D eigenvalue weighted by Crippen LogP contribution is 2.18. The summed E-state index contributed by atoms with van der Waals surface area (Å²) in [6.45, 7) is 11.4. The van der Waals surface area contributed by atoms with Crippen molar-refractivity contribution in [3.05, 3.63) is 0 Å². The van der Waals surface area contributed by atoms with Gasteiger partial charge in [0, 0.05) is 12.6 Å². The monoisotopic (exact) mass is 257 g/mol. The number of likely N-dealkylation sites (N-methyl/N-ethyl adjacent to an activating group) is 1. The molecule has 3 N–H and O–H groups in total. The Balaban J connectivity index is 4.46. The van der Waals surface area contributed by atoms with E-state index in [1.54, 1.807) is 7.05 Å².